The maximum Gasteiger partial charge on any atom is 0.412 e. The number of carbonyl (C=O) groups excluding carboxylic acids is 1. The molecule has 3 aromatic rings. The van der Waals surface area contributed by atoms with E-state index in [1.165, 1.54) is 0 Å². The van der Waals surface area contributed by atoms with E-state index < -0.39 is 6.09 Å². The van der Waals surface area contributed by atoms with Gasteiger partial charge in [-0.15, -0.1) is 0 Å². The van der Waals surface area contributed by atoms with Gasteiger partial charge in [-0.3, -0.25) is 5.32 Å². The Kier molecular flexibility index (Phi) is 4.11. The van der Waals surface area contributed by atoms with Crippen molar-refractivity contribution in [3.05, 3.63) is 58.4 Å². The number of nitrogens with zero attached hydrogens (tertiary/aromatic N) is 1. The van der Waals surface area contributed by atoms with Crippen molar-refractivity contribution < 1.29 is 13.9 Å². The zero-order valence-electron chi connectivity index (χ0n) is 11.8. The van der Waals surface area contributed by atoms with E-state index in [9.17, 15) is 4.79 Å². The molecule has 1 heterocycles. The van der Waals surface area contributed by atoms with Crippen LogP contribution in [0.4, 0.5) is 10.5 Å². The molecule has 0 atom stereocenters. The summed E-state index contributed by atoms with van der Waals surface area (Å²) in [4.78, 5) is 16.2. The molecule has 0 bridgehead atoms. The minimum atomic E-state index is -0.544. The predicted octanol–water partition coefficient (Wildman–Crippen LogP) is 4.65. The number of hydrogen-bond acceptors (Lipinski definition) is 4. The van der Waals surface area contributed by atoms with E-state index in [1.54, 1.807) is 13.0 Å². The van der Waals surface area contributed by atoms with Crippen LogP contribution in [0.25, 0.3) is 11.1 Å². The van der Waals surface area contributed by atoms with Crippen LogP contribution in [0.15, 0.2) is 51.4 Å². The lowest BCUT2D eigenvalue weighted by atomic mass is 10.2. The van der Waals surface area contributed by atoms with E-state index in [0.717, 1.165) is 10.0 Å². The summed E-state index contributed by atoms with van der Waals surface area (Å²) in [5.74, 6) is 0.536. The molecular weight excluding hydrogens is 348 g/mol. The van der Waals surface area contributed by atoms with Crippen molar-refractivity contribution in [1.82, 2.24) is 4.98 Å². The number of hydrogen-bond donors (Lipinski definition) is 1. The Labute approximate surface area is 135 Å². The number of rotatable bonds is 3. The third-order valence-corrected chi connectivity index (χ3v) is 3.47. The van der Waals surface area contributed by atoms with Gasteiger partial charge in [0.15, 0.2) is 11.5 Å². The summed E-state index contributed by atoms with van der Waals surface area (Å²) in [5, 5.41) is 2.68. The number of aryl methyl sites for hydroxylation is 1. The number of anilines is 1. The van der Waals surface area contributed by atoms with Crippen LogP contribution >= 0.6 is 15.9 Å². The van der Waals surface area contributed by atoms with Crippen LogP contribution < -0.4 is 5.32 Å². The fraction of sp³-hybridized carbons (Fsp3) is 0.125. The summed E-state index contributed by atoms with van der Waals surface area (Å²) in [6, 6.07) is 13.1. The molecule has 6 heteroatoms. The molecule has 22 heavy (non-hydrogen) atoms. The molecule has 0 aliphatic heterocycles. The van der Waals surface area contributed by atoms with E-state index >= 15 is 0 Å². The van der Waals surface area contributed by atoms with Gasteiger partial charge in [0.1, 0.15) is 12.1 Å². The number of amides is 1. The molecule has 0 unspecified atom stereocenters. The molecule has 1 amide bonds. The summed E-state index contributed by atoms with van der Waals surface area (Å²) in [5.41, 5.74) is 2.64. The number of fused-ring (bicyclic) bond motifs is 1. The highest BCUT2D eigenvalue weighted by atomic mass is 79.9. The third-order valence-electron chi connectivity index (χ3n) is 3.01. The number of ether oxygens (including phenoxy) is 1. The van der Waals surface area contributed by atoms with Crippen molar-refractivity contribution in [3.8, 4) is 0 Å². The molecular formula is C16H13BrN2O3. The van der Waals surface area contributed by atoms with Crippen LogP contribution in [-0.2, 0) is 11.3 Å². The summed E-state index contributed by atoms with van der Waals surface area (Å²) >= 11 is 3.38. The highest BCUT2D eigenvalue weighted by Gasteiger charge is 2.13. The number of benzene rings is 2. The fourth-order valence-electron chi connectivity index (χ4n) is 2.07. The van der Waals surface area contributed by atoms with Gasteiger partial charge in [-0.2, -0.15) is 0 Å². The maximum absolute atomic E-state index is 11.9. The van der Waals surface area contributed by atoms with Crippen molar-refractivity contribution in [1.29, 1.82) is 0 Å². The standard InChI is InChI=1S/C16H13BrN2O3/c1-10-18-13-7-12(17)8-14(15(13)22-10)19-16(20)21-9-11-5-3-2-4-6-11/h2-8H,9H2,1H3,(H,19,20). The second-order valence-corrected chi connectivity index (χ2v) is 5.64. The topological polar surface area (TPSA) is 64.4 Å². The quantitative estimate of drug-likeness (QED) is 0.738. The molecule has 1 N–H and O–H groups in total. The van der Waals surface area contributed by atoms with E-state index in [4.69, 9.17) is 9.15 Å². The molecule has 0 radical (unpaired) electrons. The summed E-state index contributed by atoms with van der Waals surface area (Å²) in [7, 11) is 0. The lowest BCUT2D eigenvalue weighted by Crippen LogP contribution is -2.13. The van der Waals surface area contributed by atoms with Crippen LogP contribution in [0.2, 0.25) is 0 Å². The fourth-order valence-corrected chi connectivity index (χ4v) is 2.52. The van der Waals surface area contributed by atoms with Gasteiger partial charge >= 0.3 is 6.09 Å². The Morgan fingerprint density at radius 2 is 2.09 bits per heavy atom. The van der Waals surface area contributed by atoms with Gasteiger partial charge in [-0.25, -0.2) is 9.78 Å². The van der Waals surface area contributed by atoms with Gasteiger partial charge in [0.25, 0.3) is 0 Å². The monoisotopic (exact) mass is 360 g/mol. The van der Waals surface area contributed by atoms with Crippen LogP contribution in [0, 0.1) is 6.92 Å². The lowest BCUT2D eigenvalue weighted by Gasteiger charge is -2.07. The van der Waals surface area contributed by atoms with Gasteiger partial charge in [0.2, 0.25) is 0 Å². The van der Waals surface area contributed by atoms with Crippen LogP contribution in [0.3, 0.4) is 0 Å². The first-order valence-electron chi connectivity index (χ1n) is 6.66. The Bertz CT molecular complexity index is 815. The second-order valence-electron chi connectivity index (χ2n) is 4.72. The molecule has 5 nitrogen and oxygen atoms in total. The molecule has 2 aromatic carbocycles. The Hall–Kier alpha value is -2.34. The van der Waals surface area contributed by atoms with Gasteiger partial charge in [-0.05, 0) is 17.7 Å². The molecule has 0 aliphatic carbocycles. The molecule has 0 aliphatic rings. The molecule has 1 aromatic heterocycles. The Balaban J connectivity index is 1.74. The van der Waals surface area contributed by atoms with Crippen LogP contribution in [-0.4, -0.2) is 11.1 Å². The Morgan fingerprint density at radius 3 is 2.86 bits per heavy atom. The average molecular weight is 361 g/mol. The number of oxazole rings is 1. The minimum absolute atomic E-state index is 0.208. The molecule has 0 fully saturated rings. The van der Waals surface area contributed by atoms with Gasteiger partial charge in [-0.1, -0.05) is 46.3 Å². The predicted molar refractivity (Wildman–Crippen MR) is 86.7 cm³/mol. The second kappa shape index (κ2) is 6.19. The summed E-state index contributed by atoms with van der Waals surface area (Å²) < 4.78 is 11.5. The largest absolute Gasteiger partial charge is 0.444 e. The lowest BCUT2D eigenvalue weighted by molar-refractivity contribution is 0.155. The van der Waals surface area contributed by atoms with Crippen molar-refractivity contribution in [2.75, 3.05) is 5.32 Å². The van der Waals surface area contributed by atoms with Crippen molar-refractivity contribution in [2.45, 2.75) is 13.5 Å². The smallest absolute Gasteiger partial charge is 0.412 e. The summed E-state index contributed by atoms with van der Waals surface area (Å²) in [6.45, 7) is 1.96. The number of carbonyl (C=O) groups is 1. The van der Waals surface area contributed by atoms with Crippen LogP contribution in [0.1, 0.15) is 11.5 Å². The highest BCUT2D eigenvalue weighted by Crippen LogP contribution is 2.29. The Morgan fingerprint density at radius 1 is 1.32 bits per heavy atom. The first-order chi connectivity index (χ1) is 10.6. The third kappa shape index (κ3) is 3.28. The van der Waals surface area contributed by atoms with E-state index in [1.807, 2.05) is 36.4 Å². The molecule has 0 spiro atoms. The zero-order valence-corrected chi connectivity index (χ0v) is 13.4. The van der Waals surface area contributed by atoms with Gasteiger partial charge in [0.05, 0.1) is 5.69 Å². The van der Waals surface area contributed by atoms with Crippen molar-refractivity contribution >= 4 is 38.8 Å². The van der Waals surface area contributed by atoms with Gasteiger partial charge in [0, 0.05) is 11.4 Å². The molecule has 3 rings (SSSR count). The number of nitrogens with one attached hydrogen (secondary N) is 1. The average Bonchev–Trinajstić information content (AvgIpc) is 2.86. The molecule has 112 valence electrons. The normalized spacial score (nSPS) is 10.6. The van der Waals surface area contributed by atoms with E-state index in [2.05, 4.69) is 26.2 Å². The van der Waals surface area contributed by atoms with E-state index in [0.29, 0.717) is 22.7 Å². The van der Waals surface area contributed by atoms with E-state index in [-0.39, 0.29) is 6.61 Å². The van der Waals surface area contributed by atoms with Gasteiger partial charge < -0.3 is 9.15 Å². The highest BCUT2D eigenvalue weighted by molar-refractivity contribution is 9.10. The first kappa shape index (κ1) is 14.6. The van der Waals surface area contributed by atoms with Crippen molar-refractivity contribution in [2.24, 2.45) is 0 Å². The zero-order chi connectivity index (χ0) is 15.5. The number of aromatic nitrogens is 1. The first-order valence-corrected chi connectivity index (χ1v) is 7.45. The maximum atomic E-state index is 11.9. The SMILES string of the molecule is Cc1nc2cc(Br)cc(NC(=O)OCc3ccccc3)c2o1. The molecule has 0 saturated carbocycles. The van der Waals surface area contributed by atoms with Crippen LogP contribution in [0.5, 0.6) is 0 Å². The summed E-state index contributed by atoms with van der Waals surface area (Å²) in [6.07, 6.45) is -0.544. The number of halogens is 1. The minimum Gasteiger partial charge on any atom is -0.444 e. The van der Waals surface area contributed by atoms with Crippen molar-refractivity contribution in [3.63, 3.8) is 0 Å². The molecule has 0 saturated heterocycles.